The number of anilines is 1. The number of sulfonamides is 1. The summed E-state index contributed by atoms with van der Waals surface area (Å²) < 4.78 is 38.1. The lowest BCUT2D eigenvalue weighted by Crippen LogP contribution is -2.49. The SMILES string of the molecule is COCc1cc(C(=O)N2CCC[C@H](S(=O)(=O)N3CCc4ccccc43)C2)no1. The number of aromatic nitrogens is 1. The summed E-state index contributed by atoms with van der Waals surface area (Å²) in [5, 5.41) is 3.17. The van der Waals surface area contributed by atoms with Gasteiger partial charge in [-0.05, 0) is 30.9 Å². The first-order valence-electron chi connectivity index (χ1n) is 9.34. The smallest absolute Gasteiger partial charge is 0.276 e. The number of amides is 1. The fourth-order valence-electron chi connectivity index (χ4n) is 3.90. The third kappa shape index (κ3) is 3.40. The van der Waals surface area contributed by atoms with Gasteiger partial charge in [0.25, 0.3) is 5.91 Å². The quantitative estimate of drug-likeness (QED) is 0.753. The average molecular weight is 405 g/mol. The zero-order valence-corrected chi connectivity index (χ0v) is 16.5. The van der Waals surface area contributed by atoms with Crippen LogP contribution in [-0.2, 0) is 27.8 Å². The number of hydrogen-bond donors (Lipinski definition) is 0. The Bertz CT molecular complexity index is 971. The number of piperidine rings is 1. The Kier molecular flexibility index (Phi) is 5.11. The Morgan fingerprint density at radius 3 is 2.96 bits per heavy atom. The Labute approximate surface area is 164 Å². The van der Waals surface area contributed by atoms with E-state index in [1.807, 2.05) is 24.3 Å². The van der Waals surface area contributed by atoms with E-state index in [9.17, 15) is 13.2 Å². The summed E-state index contributed by atoms with van der Waals surface area (Å²) in [6, 6.07) is 9.13. The molecule has 0 spiro atoms. The number of rotatable bonds is 5. The number of carbonyl (C=O) groups excluding carboxylic acids is 1. The number of methoxy groups -OCH3 is 1. The molecule has 9 heteroatoms. The van der Waals surface area contributed by atoms with Gasteiger partial charge in [-0.25, -0.2) is 8.42 Å². The van der Waals surface area contributed by atoms with Crippen molar-refractivity contribution < 1.29 is 22.5 Å². The molecule has 1 atom stereocenters. The van der Waals surface area contributed by atoms with E-state index in [2.05, 4.69) is 5.16 Å². The number of hydrogen-bond acceptors (Lipinski definition) is 6. The number of nitrogens with zero attached hydrogens (tertiary/aromatic N) is 3. The molecule has 2 aliphatic rings. The minimum atomic E-state index is -3.55. The van der Waals surface area contributed by atoms with Crippen molar-refractivity contribution in [2.75, 3.05) is 31.0 Å². The normalized spacial score (nSPS) is 19.7. The Morgan fingerprint density at radius 1 is 1.32 bits per heavy atom. The van der Waals surface area contributed by atoms with Crippen LogP contribution in [0.2, 0.25) is 0 Å². The van der Waals surface area contributed by atoms with Crippen molar-refractivity contribution in [1.82, 2.24) is 10.1 Å². The van der Waals surface area contributed by atoms with E-state index in [4.69, 9.17) is 9.26 Å². The molecule has 1 aromatic carbocycles. The van der Waals surface area contributed by atoms with Gasteiger partial charge in [0.1, 0.15) is 6.61 Å². The highest BCUT2D eigenvalue weighted by Crippen LogP contribution is 2.33. The molecular weight excluding hydrogens is 382 g/mol. The van der Waals surface area contributed by atoms with Crippen molar-refractivity contribution in [3.05, 3.63) is 47.3 Å². The predicted octanol–water partition coefficient (Wildman–Crippen LogP) is 1.82. The predicted molar refractivity (Wildman–Crippen MR) is 103 cm³/mol. The van der Waals surface area contributed by atoms with Crippen LogP contribution in [0.15, 0.2) is 34.9 Å². The van der Waals surface area contributed by atoms with Crippen LogP contribution in [0.5, 0.6) is 0 Å². The Balaban J connectivity index is 1.51. The molecule has 0 saturated carbocycles. The number of carbonyl (C=O) groups is 1. The van der Waals surface area contributed by atoms with Gasteiger partial charge in [-0.1, -0.05) is 23.4 Å². The van der Waals surface area contributed by atoms with Gasteiger partial charge in [-0.15, -0.1) is 0 Å². The van der Waals surface area contributed by atoms with Gasteiger partial charge in [-0.3, -0.25) is 9.10 Å². The van der Waals surface area contributed by atoms with E-state index in [-0.39, 0.29) is 24.8 Å². The maximum absolute atomic E-state index is 13.3. The minimum Gasteiger partial charge on any atom is -0.377 e. The van der Waals surface area contributed by atoms with Gasteiger partial charge in [0.15, 0.2) is 11.5 Å². The van der Waals surface area contributed by atoms with E-state index in [1.165, 1.54) is 11.4 Å². The van der Waals surface area contributed by atoms with Crippen molar-refractivity contribution in [2.45, 2.75) is 31.1 Å². The van der Waals surface area contributed by atoms with E-state index >= 15 is 0 Å². The molecule has 2 aliphatic heterocycles. The fourth-order valence-corrected chi connectivity index (χ4v) is 5.89. The molecule has 3 heterocycles. The summed E-state index contributed by atoms with van der Waals surface area (Å²) in [4.78, 5) is 14.3. The van der Waals surface area contributed by atoms with E-state index in [0.29, 0.717) is 38.1 Å². The Hall–Kier alpha value is -2.39. The molecule has 0 aliphatic carbocycles. The van der Waals surface area contributed by atoms with Crippen LogP contribution >= 0.6 is 0 Å². The topological polar surface area (TPSA) is 93.0 Å². The fraction of sp³-hybridized carbons (Fsp3) is 0.474. The number of fused-ring (bicyclic) bond motifs is 1. The first-order chi connectivity index (χ1) is 13.5. The highest BCUT2D eigenvalue weighted by Gasteiger charge is 2.39. The van der Waals surface area contributed by atoms with Crippen molar-refractivity contribution >= 4 is 21.6 Å². The first-order valence-corrected chi connectivity index (χ1v) is 10.8. The number of para-hydroxylation sites is 1. The van der Waals surface area contributed by atoms with E-state index in [0.717, 1.165) is 11.3 Å². The lowest BCUT2D eigenvalue weighted by Gasteiger charge is -2.34. The van der Waals surface area contributed by atoms with Crippen LogP contribution in [0, 0.1) is 0 Å². The summed E-state index contributed by atoms with van der Waals surface area (Å²) in [6.45, 7) is 1.35. The van der Waals surface area contributed by atoms with Crippen LogP contribution in [0.4, 0.5) is 5.69 Å². The molecule has 4 rings (SSSR count). The second-order valence-electron chi connectivity index (χ2n) is 7.12. The molecule has 150 valence electrons. The van der Waals surface area contributed by atoms with Crippen LogP contribution < -0.4 is 4.31 Å². The number of likely N-dealkylation sites (tertiary alicyclic amines) is 1. The molecule has 1 amide bonds. The summed E-state index contributed by atoms with van der Waals surface area (Å²) in [6.07, 6.45) is 1.89. The Morgan fingerprint density at radius 2 is 2.14 bits per heavy atom. The van der Waals surface area contributed by atoms with Gasteiger partial charge < -0.3 is 14.2 Å². The van der Waals surface area contributed by atoms with Crippen LogP contribution in [0.1, 0.15) is 34.7 Å². The molecule has 8 nitrogen and oxygen atoms in total. The molecular formula is C19H23N3O5S. The van der Waals surface area contributed by atoms with Crippen LogP contribution in [-0.4, -0.2) is 56.4 Å². The third-order valence-electron chi connectivity index (χ3n) is 5.30. The average Bonchev–Trinajstić information content (AvgIpc) is 3.35. The van der Waals surface area contributed by atoms with Gasteiger partial charge in [0.2, 0.25) is 10.0 Å². The van der Waals surface area contributed by atoms with E-state index in [1.54, 1.807) is 11.0 Å². The molecule has 0 radical (unpaired) electrons. The summed E-state index contributed by atoms with van der Waals surface area (Å²) in [5.41, 5.74) is 1.98. The lowest BCUT2D eigenvalue weighted by atomic mass is 10.1. The van der Waals surface area contributed by atoms with Crippen molar-refractivity contribution in [1.29, 1.82) is 0 Å². The summed E-state index contributed by atoms with van der Waals surface area (Å²) in [5.74, 6) is 0.147. The van der Waals surface area contributed by atoms with Gasteiger partial charge in [0, 0.05) is 32.8 Å². The molecule has 1 fully saturated rings. The van der Waals surface area contributed by atoms with Crippen LogP contribution in [0.25, 0.3) is 0 Å². The standard InChI is InChI=1S/C19H23N3O5S/c1-26-13-15-11-17(20-27-15)19(23)21-9-4-6-16(12-21)28(24,25)22-10-8-14-5-2-3-7-18(14)22/h2-3,5,7,11,16H,4,6,8-10,12-13H2,1H3/t16-/m0/s1. The van der Waals surface area contributed by atoms with Gasteiger partial charge >= 0.3 is 0 Å². The molecule has 28 heavy (non-hydrogen) atoms. The second kappa shape index (κ2) is 7.56. The van der Waals surface area contributed by atoms with Gasteiger partial charge in [0.05, 0.1) is 10.9 Å². The summed E-state index contributed by atoms with van der Waals surface area (Å²) >= 11 is 0. The third-order valence-corrected chi connectivity index (χ3v) is 7.52. The zero-order chi connectivity index (χ0) is 19.7. The molecule has 0 N–H and O–H groups in total. The van der Waals surface area contributed by atoms with Crippen LogP contribution in [0.3, 0.4) is 0 Å². The molecule has 0 bridgehead atoms. The van der Waals surface area contributed by atoms with E-state index < -0.39 is 15.3 Å². The molecule has 1 aromatic heterocycles. The first kappa shape index (κ1) is 18.9. The number of benzene rings is 1. The lowest BCUT2D eigenvalue weighted by molar-refractivity contribution is 0.0716. The van der Waals surface area contributed by atoms with Crippen molar-refractivity contribution in [3.8, 4) is 0 Å². The van der Waals surface area contributed by atoms with Crippen molar-refractivity contribution in [2.24, 2.45) is 0 Å². The maximum Gasteiger partial charge on any atom is 0.276 e. The van der Waals surface area contributed by atoms with Crippen molar-refractivity contribution in [3.63, 3.8) is 0 Å². The molecule has 0 unspecified atom stereocenters. The monoisotopic (exact) mass is 405 g/mol. The maximum atomic E-state index is 13.3. The largest absolute Gasteiger partial charge is 0.377 e. The summed E-state index contributed by atoms with van der Waals surface area (Å²) in [7, 11) is -2.02. The second-order valence-corrected chi connectivity index (χ2v) is 9.26. The highest BCUT2D eigenvalue weighted by atomic mass is 32.2. The highest BCUT2D eigenvalue weighted by molar-refractivity contribution is 7.93. The molecule has 2 aromatic rings. The number of ether oxygens (including phenoxy) is 1. The zero-order valence-electron chi connectivity index (χ0n) is 15.7. The molecule has 1 saturated heterocycles. The minimum absolute atomic E-state index is 0.159. The van der Waals surface area contributed by atoms with Gasteiger partial charge in [-0.2, -0.15) is 0 Å².